The number of benzene rings is 1. The molecule has 0 spiro atoms. The van der Waals surface area contributed by atoms with E-state index in [0.29, 0.717) is 6.54 Å². The highest BCUT2D eigenvalue weighted by Crippen LogP contribution is 2.21. The van der Waals surface area contributed by atoms with Crippen LogP contribution in [0.1, 0.15) is 5.56 Å². The molecule has 5 nitrogen and oxygen atoms in total. The van der Waals surface area contributed by atoms with E-state index in [-0.39, 0.29) is 5.69 Å². The SMILES string of the molecule is O=[N+]([O-])c1cccc(CNc2ccncc2Br)c1. The molecule has 0 fully saturated rings. The number of pyridine rings is 1. The minimum Gasteiger partial charge on any atom is -0.380 e. The normalized spacial score (nSPS) is 10.1. The van der Waals surface area contributed by atoms with Crippen LogP contribution in [-0.4, -0.2) is 9.91 Å². The molecule has 1 aromatic carbocycles. The van der Waals surface area contributed by atoms with Gasteiger partial charge in [0.1, 0.15) is 0 Å². The topological polar surface area (TPSA) is 68.1 Å². The summed E-state index contributed by atoms with van der Waals surface area (Å²) in [6.07, 6.45) is 3.37. The van der Waals surface area contributed by atoms with Gasteiger partial charge in [0.15, 0.2) is 0 Å². The minimum atomic E-state index is -0.397. The lowest BCUT2D eigenvalue weighted by atomic mass is 10.2. The average molecular weight is 308 g/mol. The molecule has 92 valence electrons. The van der Waals surface area contributed by atoms with Crippen molar-refractivity contribution in [1.82, 2.24) is 4.98 Å². The zero-order chi connectivity index (χ0) is 13.0. The number of aromatic nitrogens is 1. The van der Waals surface area contributed by atoms with Gasteiger partial charge in [0.05, 0.1) is 15.1 Å². The van der Waals surface area contributed by atoms with E-state index in [9.17, 15) is 10.1 Å². The molecule has 1 aromatic heterocycles. The summed E-state index contributed by atoms with van der Waals surface area (Å²) in [7, 11) is 0. The van der Waals surface area contributed by atoms with E-state index in [2.05, 4.69) is 26.2 Å². The van der Waals surface area contributed by atoms with E-state index in [1.807, 2.05) is 12.1 Å². The van der Waals surface area contributed by atoms with Gasteiger partial charge in [-0.25, -0.2) is 0 Å². The quantitative estimate of drug-likeness (QED) is 0.694. The van der Waals surface area contributed by atoms with Gasteiger partial charge < -0.3 is 5.32 Å². The number of rotatable bonds is 4. The van der Waals surface area contributed by atoms with Gasteiger partial charge in [0.2, 0.25) is 0 Å². The van der Waals surface area contributed by atoms with Crippen LogP contribution in [0.5, 0.6) is 0 Å². The number of halogens is 1. The molecule has 0 amide bonds. The van der Waals surface area contributed by atoms with Crippen LogP contribution in [0.2, 0.25) is 0 Å². The Morgan fingerprint density at radius 3 is 2.94 bits per heavy atom. The lowest BCUT2D eigenvalue weighted by molar-refractivity contribution is -0.384. The Balaban J connectivity index is 2.09. The van der Waals surface area contributed by atoms with Crippen LogP contribution in [0.15, 0.2) is 47.2 Å². The average Bonchev–Trinajstić information content (AvgIpc) is 2.38. The second-order valence-electron chi connectivity index (χ2n) is 3.64. The molecule has 0 radical (unpaired) electrons. The van der Waals surface area contributed by atoms with Gasteiger partial charge in [-0.1, -0.05) is 12.1 Å². The van der Waals surface area contributed by atoms with Crippen molar-refractivity contribution in [3.63, 3.8) is 0 Å². The Labute approximate surface area is 112 Å². The van der Waals surface area contributed by atoms with Crippen molar-refractivity contribution in [3.8, 4) is 0 Å². The van der Waals surface area contributed by atoms with Gasteiger partial charge in [-0.2, -0.15) is 0 Å². The number of non-ortho nitro benzene ring substituents is 1. The van der Waals surface area contributed by atoms with Crippen LogP contribution in [0.3, 0.4) is 0 Å². The van der Waals surface area contributed by atoms with Gasteiger partial charge in [-0.3, -0.25) is 15.1 Å². The number of nitrogens with zero attached hydrogens (tertiary/aromatic N) is 2. The fourth-order valence-corrected chi connectivity index (χ4v) is 1.89. The molecule has 1 heterocycles. The van der Waals surface area contributed by atoms with E-state index in [0.717, 1.165) is 15.7 Å². The summed E-state index contributed by atoms with van der Waals surface area (Å²) in [5, 5.41) is 13.8. The third-order valence-electron chi connectivity index (χ3n) is 2.38. The molecule has 0 saturated heterocycles. The number of nitro groups is 1. The van der Waals surface area contributed by atoms with Crippen LogP contribution in [0.4, 0.5) is 11.4 Å². The fourth-order valence-electron chi connectivity index (χ4n) is 1.50. The molecule has 0 bridgehead atoms. The Bertz CT molecular complexity index is 575. The van der Waals surface area contributed by atoms with Gasteiger partial charge in [-0.15, -0.1) is 0 Å². The summed E-state index contributed by atoms with van der Waals surface area (Å²) >= 11 is 3.37. The summed E-state index contributed by atoms with van der Waals surface area (Å²) in [4.78, 5) is 14.2. The Morgan fingerprint density at radius 2 is 2.22 bits per heavy atom. The molecule has 0 aliphatic heterocycles. The predicted molar refractivity (Wildman–Crippen MR) is 72.4 cm³/mol. The first-order chi connectivity index (χ1) is 8.66. The Hall–Kier alpha value is -1.95. The van der Waals surface area contributed by atoms with Crippen LogP contribution in [0.25, 0.3) is 0 Å². The first kappa shape index (κ1) is 12.5. The summed E-state index contributed by atoms with van der Waals surface area (Å²) in [5.41, 5.74) is 1.85. The minimum absolute atomic E-state index is 0.100. The van der Waals surface area contributed by atoms with Crippen LogP contribution >= 0.6 is 15.9 Å². The molecule has 0 aliphatic rings. The highest BCUT2D eigenvalue weighted by molar-refractivity contribution is 9.10. The first-order valence-corrected chi connectivity index (χ1v) is 6.03. The molecule has 0 unspecified atom stereocenters. The van der Waals surface area contributed by atoms with Gasteiger partial charge in [-0.05, 0) is 27.6 Å². The van der Waals surface area contributed by atoms with E-state index >= 15 is 0 Å². The van der Waals surface area contributed by atoms with Gasteiger partial charge in [0.25, 0.3) is 5.69 Å². The standard InChI is InChI=1S/C12H10BrN3O2/c13-11-8-14-5-4-12(11)15-7-9-2-1-3-10(6-9)16(17)18/h1-6,8H,7H2,(H,14,15). The number of nitro benzene ring substituents is 1. The maximum atomic E-state index is 10.7. The summed E-state index contributed by atoms with van der Waals surface area (Å²) < 4.78 is 0.857. The maximum Gasteiger partial charge on any atom is 0.269 e. The van der Waals surface area contributed by atoms with Crippen molar-refractivity contribution in [2.24, 2.45) is 0 Å². The van der Waals surface area contributed by atoms with Gasteiger partial charge >= 0.3 is 0 Å². The summed E-state index contributed by atoms with van der Waals surface area (Å²) in [6, 6.07) is 8.39. The van der Waals surface area contributed by atoms with Crippen LogP contribution < -0.4 is 5.32 Å². The second kappa shape index (κ2) is 5.59. The van der Waals surface area contributed by atoms with Crippen molar-refractivity contribution in [2.75, 3.05) is 5.32 Å². The lowest BCUT2D eigenvalue weighted by Crippen LogP contribution is -2.00. The molecule has 18 heavy (non-hydrogen) atoms. The first-order valence-electron chi connectivity index (χ1n) is 5.23. The fraction of sp³-hybridized carbons (Fsp3) is 0.0833. The van der Waals surface area contributed by atoms with Crippen molar-refractivity contribution in [3.05, 3.63) is 62.9 Å². The van der Waals surface area contributed by atoms with Crippen molar-refractivity contribution >= 4 is 27.3 Å². The molecular weight excluding hydrogens is 298 g/mol. The second-order valence-corrected chi connectivity index (χ2v) is 4.49. The van der Waals surface area contributed by atoms with Crippen molar-refractivity contribution in [1.29, 1.82) is 0 Å². The summed E-state index contributed by atoms with van der Waals surface area (Å²) in [6.45, 7) is 0.518. The lowest BCUT2D eigenvalue weighted by Gasteiger charge is -2.07. The van der Waals surface area contributed by atoms with E-state index in [4.69, 9.17) is 0 Å². The zero-order valence-electron chi connectivity index (χ0n) is 9.34. The molecule has 1 N–H and O–H groups in total. The number of anilines is 1. The molecule has 2 rings (SSSR count). The van der Waals surface area contributed by atoms with Crippen LogP contribution in [-0.2, 0) is 6.54 Å². The number of nitrogens with one attached hydrogen (secondary N) is 1. The molecule has 0 saturated carbocycles. The van der Waals surface area contributed by atoms with Crippen LogP contribution in [0, 0.1) is 10.1 Å². The Kier molecular flexibility index (Phi) is 3.88. The van der Waals surface area contributed by atoms with Crippen molar-refractivity contribution in [2.45, 2.75) is 6.54 Å². The Morgan fingerprint density at radius 1 is 1.39 bits per heavy atom. The highest BCUT2D eigenvalue weighted by Gasteiger charge is 2.05. The molecule has 6 heteroatoms. The third-order valence-corrected chi connectivity index (χ3v) is 3.01. The number of hydrogen-bond acceptors (Lipinski definition) is 4. The third kappa shape index (κ3) is 3.04. The van der Waals surface area contributed by atoms with E-state index in [1.165, 1.54) is 6.07 Å². The molecule has 0 atom stereocenters. The smallest absolute Gasteiger partial charge is 0.269 e. The largest absolute Gasteiger partial charge is 0.380 e. The highest BCUT2D eigenvalue weighted by atomic mass is 79.9. The summed E-state index contributed by atoms with van der Waals surface area (Å²) in [5.74, 6) is 0. The van der Waals surface area contributed by atoms with E-state index < -0.39 is 4.92 Å². The maximum absolute atomic E-state index is 10.7. The van der Waals surface area contributed by atoms with E-state index in [1.54, 1.807) is 24.5 Å². The van der Waals surface area contributed by atoms with Crippen molar-refractivity contribution < 1.29 is 4.92 Å². The molecule has 0 aliphatic carbocycles. The molecular formula is C12H10BrN3O2. The molecule has 2 aromatic rings. The van der Waals surface area contributed by atoms with Gasteiger partial charge in [0, 0.05) is 31.1 Å². The number of hydrogen-bond donors (Lipinski definition) is 1. The predicted octanol–water partition coefficient (Wildman–Crippen LogP) is 3.36. The zero-order valence-corrected chi connectivity index (χ0v) is 10.9. The monoisotopic (exact) mass is 307 g/mol.